The van der Waals surface area contributed by atoms with Crippen LogP contribution in [0.1, 0.15) is 19.8 Å². The molecule has 0 aliphatic heterocycles. The molecule has 0 aromatic rings. The van der Waals surface area contributed by atoms with Gasteiger partial charge < -0.3 is 15.3 Å². The van der Waals surface area contributed by atoms with Gasteiger partial charge in [0.05, 0.1) is 5.75 Å². The number of primary sulfonamides is 1. The van der Waals surface area contributed by atoms with Crippen LogP contribution >= 0.6 is 0 Å². The molecule has 0 aliphatic carbocycles. The quantitative estimate of drug-likeness (QED) is 0.500. The third-order valence-corrected chi connectivity index (χ3v) is 2.85. The zero-order chi connectivity index (χ0) is 14.2. The van der Waals surface area contributed by atoms with Crippen LogP contribution in [0.15, 0.2) is 0 Å². The number of hydrogen-bond donors (Lipinski definition) is 3. The van der Waals surface area contributed by atoms with E-state index in [4.69, 9.17) is 10.2 Å². The molecule has 0 atom stereocenters. The molecule has 0 radical (unpaired) electrons. The van der Waals surface area contributed by atoms with Crippen LogP contribution in [0.4, 0.5) is 4.79 Å². The first-order chi connectivity index (χ1) is 8.26. The van der Waals surface area contributed by atoms with E-state index in [0.717, 1.165) is 4.90 Å². The molecule has 106 valence electrons. The van der Waals surface area contributed by atoms with E-state index in [-0.39, 0.29) is 25.3 Å². The SMILES string of the molecule is CCCN(CC(=O)O)C(=O)NCCCS(N)(=O)=O. The number of carboxylic acids is 1. The summed E-state index contributed by atoms with van der Waals surface area (Å²) in [7, 11) is -3.53. The maximum absolute atomic E-state index is 11.6. The van der Waals surface area contributed by atoms with E-state index < -0.39 is 22.0 Å². The number of amides is 2. The van der Waals surface area contributed by atoms with Gasteiger partial charge in [0.2, 0.25) is 10.0 Å². The second kappa shape index (κ2) is 7.88. The summed E-state index contributed by atoms with van der Waals surface area (Å²) in [6, 6.07) is -0.520. The van der Waals surface area contributed by atoms with Gasteiger partial charge in [0.25, 0.3) is 0 Å². The van der Waals surface area contributed by atoms with E-state index in [9.17, 15) is 18.0 Å². The average molecular weight is 281 g/mol. The molecule has 0 rings (SSSR count). The van der Waals surface area contributed by atoms with Crippen molar-refractivity contribution in [2.45, 2.75) is 19.8 Å². The van der Waals surface area contributed by atoms with Crippen molar-refractivity contribution < 1.29 is 23.1 Å². The maximum Gasteiger partial charge on any atom is 0.323 e. The Balaban J connectivity index is 4.06. The number of urea groups is 1. The van der Waals surface area contributed by atoms with Crippen molar-refractivity contribution in [3.8, 4) is 0 Å². The predicted octanol–water partition coefficient (Wildman–Crippen LogP) is -0.829. The van der Waals surface area contributed by atoms with Crippen molar-refractivity contribution in [1.82, 2.24) is 10.2 Å². The summed E-state index contributed by atoms with van der Waals surface area (Å²) < 4.78 is 21.3. The fraction of sp³-hybridized carbons (Fsp3) is 0.778. The van der Waals surface area contributed by atoms with Crippen molar-refractivity contribution in [2.24, 2.45) is 5.14 Å². The van der Waals surface area contributed by atoms with Gasteiger partial charge in [-0.1, -0.05) is 6.92 Å². The number of hydrogen-bond acceptors (Lipinski definition) is 4. The van der Waals surface area contributed by atoms with Crippen molar-refractivity contribution in [3.05, 3.63) is 0 Å². The van der Waals surface area contributed by atoms with Gasteiger partial charge in [-0.3, -0.25) is 4.79 Å². The Morgan fingerprint density at radius 2 is 2.00 bits per heavy atom. The van der Waals surface area contributed by atoms with Gasteiger partial charge in [-0.05, 0) is 12.8 Å². The van der Waals surface area contributed by atoms with E-state index in [0.29, 0.717) is 13.0 Å². The summed E-state index contributed by atoms with van der Waals surface area (Å²) in [5.41, 5.74) is 0. The molecule has 0 aliphatic rings. The summed E-state index contributed by atoms with van der Waals surface area (Å²) in [5, 5.41) is 15.9. The highest BCUT2D eigenvalue weighted by molar-refractivity contribution is 7.89. The number of sulfonamides is 1. The molecular weight excluding hydrogens is 262 g/mol. The predicted molar refractivity (Wildman–Crippen MR) is 65.5 cm³/mol. The Bertz CT molecular complexity index is 382. The molecule has 0 unspecified atom stereocenters. The second-order valence-electron chi connectivity index (χ2n) is 3.77. The van der Waals surface area contributed by atoms with E-state index in [1.807, 2.05) is 6.92 Å². The highest BCUT2D eigenvalue weighted by Crippen LogP contribution is 1.93. The van der Waals surface area contributed by atoms with Crippen molar-refractivity contribution in [3.63, 3.8) is 0 Å². The van der Waals surface area contributed by atoms with Gasteiger partial charge in [-0.15, -0.1) is 0 Å². The molecule has 9 heteroatoms. The topological polar surface area (TPSA) is 130 Å². The molecular formula is C9H19N3O5S. The Kier molecular flexibility index (Phi) is 7.29. The standard InChI is InChI=1S/C9H19N3O5S/c1-2-5-12(7-8(13)14)9(15)11-4-3-6-18(10,16)17/h2-7H2,1H3,(H,11,15)(H,13,14)(H2,10,16,17). The Morgan fingerprint density at radius 1 is 1.39 bits per heavy atom. The lowest BCUT2D eigenvalue weighted by atomic mass is 10.4. The first-order valence-corrected chi connectivity index (χ1v) is 7.23. The number of aliphatic carboxylic acids is 1. The average Bonchev–Trinajstić information content (AvgIpc) is 2.21. The van der Waals surface area contributed by atoms with E-state index >= 15 is 0 Å². The van der Waals surface area contributed by atoms with E-state index in [2.05, 4.69) is 5.32 Å². The zero-order valence-electron chi connectivity index (χ0n) is 10.3. The van der Waals surface area contributed by atoms with Crippen LogP contribution in [0.5, 0.6) is 0 Å². The largest absolute Gasteiger partial charge is 0.480 e. The third kappa shape index (κ3) is 8.76. The van der Waals surface area contributed by atoms with Gasteiger partial charge in [-0.2, -0.15) is 0 Å². The maximum atomic E-state index is 11.6. The van der Waals surface area contributed by atoms with Crippen LogP contribution in [0, 0.1) is 0 Å². The highest BCUT2D eigenvalue weighted by Gasteiger charge is 2.15. The molecule has 18 heavy (non-hydrogen) atoms. The van der Waals surface area contributed by atoms with Crippen molar-refractivity contribution in [2.75, 3.05) is 25.4 Å². The summed E-state index contributed by atoms with van der Waals surface area (Å²) in [6.45, 7) is 1.90. The first kappa shape index (κ1) is 16.6. The Hall–Kier alpha value is -1.35. The van der Waals surface area contributed by atoms with Gasteiger partial charge in [0.15, 0.2) is 0 Å². The summed E-state index contributed by atoms with van der Waals surface area (Å²) in [4.78, 5) is 23.2. The minimum Gasteiger partial charge on any atom is -0.480 e. The van der Waals surface area contributed by atoms with Gasteiger partial charge in [-0.25, -0.2) is 18.4 Å². The lowest BCUT2D eigenvalue weighted by Crippen LogP contribution is -2.43. The summed E-state index contributed by atoms with van der Waals surface area (Å²) in [6.07, 6.45) is 0.829. The number of nitrogens with zero attached hydrogens (tertiary/aromatic N) is 1. The van der Waals surface area contributed by atoms with Crippen molar-refractivity contribution in [1.29, 1.82) is 0 Å². The number of rotatable bonds is 8. The van der Waals surface area contributed by atoms with Gasteiger partial charge >= 0.3 is 12.0 Å². The van der Waals surface area contributed by atoms with Crippen molar-refractivity contribution >= 4 is 22.0 Å². The lowest BCUT2D eigenvalue weighted by Gasteiger charge is -2.20. The number of carboxylic acid groups (broad SMARTS) is 1. The number of nitrogens with one attached hydrogen (secondary N) is 1. The van der Waals surface area contributed by atoms with E-state index in [1.54, 1.807) is 0 Å². The molecule has 0 aromatic heterocycles. The van der Waals surface area contributed by atoms with Crippen LogP contribution in [0.25, 0.3) is 0 Å². The highest BCUT2D eigenvalue weighted by atomic mass is 32.2. The molecule has 2 amide bonds. The molecule has 0 fully saturated rings. The number of carbonyl (C=O) groups is 2. The minimum atomic E-state index is -3.53. The lowest BCUT2D eigenvalue weighted by molar-refractivity contribution is -0.137. The molecule has 0 bridgehead atoms. The first-order valence-electron chi connectivity index (χ1n) is 5.51. The normalized spacial score (nSPS) is 11.0. The second-order valence-corrected chi connectivity index (χ2v) is 5.50. The smallest absolute Gasteiger partial charge is 0.323 e. The molecule has 8 nitrogen and oxygen atoms in total. The fourth-order valence-corrected chi connectivity index (χ4v) is 1.81. The summed E-state index contributed by atoms with van der Waals surface area (Å²) in [5.74, 6) is -1.32. The Labute approximate surface area is 106 Å². The number of nitrogens with two attached hydrogens (primary N) is 1. The van der Waals surface area contributed by atoms with Crippen LogP contribution < -0.4 is 10.5 Å². The monoisotopic (exact) mass is 281 g/mol. The molecule has 0 aromatic carbocycles. The van der Waals surface area contributed by atoms with Crippen LogP contribution in [-0.4, -0.2) is 55.8 Å². The molecule has 4 N–H and O–H groups in total. The Morgan fingerprint density at radius 3 is 2.44 bits per heavy atom. The van der Waals surface area contributed by atoms with Crippen LogP contribution in [0.2, 0.25) is 0 Å². The third-order valence-electron chi connectivity index (χ3n) is 1.99. The van der Waals surface area contributed by atoms with E-state index in [1.165, 1.54) is 0 Å². The number of carbonyl (C=O) groups excluding carboxylic acids is 1. The fourth-order valence-electron chi connectivity index (χ4n) is 1.27. The van der Waals surface area contributed by atoms with Crippen LogP contribution in [0.3, 0.4) is 0 Å². The van der Waals surface area contributed by atoms with Gasteiger partial charge in [0.1, 0.15) is 6.54 Å². The van der Waals surface area contributed by atoms with Gasteiger partial charge in [0, 0.05) is 13.1 Å². The molecule has 0 saturated carbocycles. The van der Waals surface area contributed by atoms with Crippen LogP contribution in [-0.2, 0) is 14.8 Å². The zero-order valence-corrected chi connectivity index (χ0v) is 11.1. The molecule has 0 heterocycles. The molecule has 0 spiro atoms. The summed E-state index contributed by atoms with van der Waals surface area (Å²) >= 11 is 0. The molecule has 0 saturated heterocycles. The minimum absolute atomic E-state index is 0.134.